The van der Waals surface area contributed by atoms with E-state index in [2.05, 4.69) is 15.3 Å². The summed E-state index contributed by atoms with van der Waals surface area (Å²) >= 11 is 1.46. The number of anilines is 1. The zero-order chi connectivity index (χ0) is 21.3. The first kappa shape index (κ1) is 19.5. The number of aromatic nitrogens is 4. The van der Waals surface area contributed by atoms with Crippen LogP contribution in [0.3, 0.4) is 0 Å². The quantitative estimate of drug-likeness (QED) is 0.269. The van der Waals surface area contributed by atoms with E-state index in [-0.39, 0.29) is 12.5 Å². The summed E-state index contributed by atoms with van der Waals surface area (Å²) < 4.78 is 4.44. The lowest BCUT2D eigenvalue weighted by molar-refractivity contribution is 0.0943. The highest BCUT2D eigenvalue weighted by molar-refractivity contribution is 7.19. The molecule has 1 amide bonds. The third-order valence-corrected chi connectivity index (χ3v) is 5.92. The highest BCUT2D eigenvalue weighted by Crippen LogP contribution is 2.30. The lowest BCUT2D eigenvalue weighted by Crippen LogP contribution is -2.26. The maximum Gasteiger partial charge on any atom is 0.268 e. The molecule has 0 fully saturated rings. The van der Waals surface area contributed by atoms with Crippen molar-refractivity contribution in [3.05, 3.63) is 64.3 Å². The topological polar surface area (TPSA) is 138 Å². The standard InChI is InChI=1S/C20H20N8OS/c1-27-17(20(29)25-9-12-3-2-4-15(23)13(12)7-21)14(8-22)18-19(27)26-16(30-18)10-28-6-5-24-11-28/h2-8,11,21-22H,9-10,23H2,1H3,(H,25,29). The number of nitrogens with two attached hydrogens (primary N) is 1. The number of fused-ring (bicyclic) bond motifs is 1. The fraction of sp³-hybridized carbons (Fsp3) is 0.150. The zero-order valence-corrected chi connectivity index (χ0v) is 17.0. The first-order valence-corrected chi connectivity index (χ1v) is 9.95. The first-order chi connectivity index (χ1) is 14.5. The number of nitrogens with zero attached hydrogens (tertiary/aromatic N) is 4. The number of thiazole rings is 1. The fourth-order valence-corrected chi connectivity index (χ4v) is 4.51. The van der Waals surface area contributed by atoms with E-state index < -0.39 is 0 Å². The van der Waals surface area contributed by atoms with Gasteiger partial charge in [0.2, 0.25) is 0 Å². The molecular formula is C20H20N8OS. The minimum Gasteiger partial charge on any atom is -0.398 e. The molecule has 4 rings (SSSR count). The Kier molecular flexibility index (Phi) is 5.15. The largest absolute Gasteiger partial charge is 0.398 e. The normalized spacial score (nSPS) is 11.0. The SMILES string of the molecule is Cn1c(C(=O)NCc2cccc(N)c2C=N)c(C=N)c2sc(Cn3ccnc3)nc21. The van der Waals surface area contributed by atoms with Crippen LogP contribution in [-0.2, 0) is 20.1 Å². The summed E-state index contributed by atoms with van der Waals surface area (Å²) in [6.45, 7) is 0.810. The lowest BCUT2D eigenvalue weighted by Gasteiger charge is -2.11. The summed E-state index contributed by atoms with van der Waals surface area (Å²) in [6, 6.07) is 5.33. The number of hydrogen-bond acceptors (Lipinski definition) is 7. The van der Waals surface area contributed by atoms with Crippen molar-refractivity contribution in [2.24, 2.45) is 7.05 Å². The summed E-state index contributed by atoms with van der Waals surface area (Å²) in [7, 11) is 1.77. The van der Waals surface area contributed by atoms with Crippen LogP contribution in [0.2, 0.25) is 0 Å². The molecule has 0 saturated heterocycles. The van der Waals surface area contributed by atoms with Crippen LogP contribution in [0.5, 0.6) is 0 Å². The van der Waals surface area contributed by atoms with Crippen LogP contribution in [0, 0.1) is 10.8 Å². The Labute approximate surface area is 176 Å². The number of nitrogen functional groups attached to an aromatic ring is 1. The number of rotatable bonds is 7. The predicted molar refractivity (Wildman–Crippen MR) is 118 cm³/mol. The van der Waals surface area contributed by atoms with Gasteiger partial charge in [0.15, 0.2) is 5.65 Å². The third-order valence-electron chi connectivity index (χ3n) is 4.86. The predicted octanol–water partition coefficient (Wildman–Crippen LogP) is 2.39. The van der Waals surface area contributed by atoms with Crippen molar-refractivity contribution >= 4 is 45.7 Å². The van der Waals surface area contributed by atoms with E-state index in [0.29, 0.717) is 34.7 Å². The van der Waals surface area contributed by atoms with E-state index >= 15 is 0 Å². The summed E-state index contributed by atoms with van der Waals surface area (Å²) in [5.41, 5.74) is 9.34. The average Bonchev–Trinajstić information content (AvgIpc) is 3.44. The highest BCUT2D eigenvalue weighted by atomic mass is 32.1. The van der Waals surface area contributed by atoms with Crippen LogP contribution in [0.25, 0.3) is 10.3 Å². The van der Waals surface area contributed by atoms with Crippen LogP contribution in [0.1, 0.15) is 32.2 Å². The van der Waals surface area contributed by atoms with Gasteiger partial charge in [0, 0.05) is 55.2 Å². The molecule has 30 heavy (non-hydrogen) atoms. The molecule has 0 saturated carbocycles. The molecule has 9 nitrogen and oxygen atoms in total. The summed E-state index contributed by atoms with van der Waals surface area (Å²) in [4.78, 5) is 21.6. The molecule has 10 heteroatoms. The van der Waals surface area contributed by atoms with Gasteiger partial charge in [-0.3, -0.25) is 4.79 Å². The van der Waals surface area contributed by atoms with E-state index in [9.17, 15) is 4.79 Å². The Balaban J connectivity index is 1.62. The molecule has 0 radical (unpaired) electrons. The van der Waals surface area contributed by atoms with Crippen molar-refractivity contribution in [1.29, 1.82) is 10.8 Å². The van der Waals surface area contributed by atoms with E-state index in [1.165, 1.54) is 23.8 Å². The Hall–Kier alpha value is -3.79. The van der Waals surface area contributed by atoms with Gasteiger partial charge >= 0.3 is 0 Å². The number of aryl methyl sites for hydroxylation is 1. The Morgan fingerprint density at radius 2 is 2.10 bits per heavy atom. The molecule has 0 bridgehead atoms. The van der Waals surface area contributed by atoms with Crippen molar-refractivity contribution in [3.8, 4) is 0 Å². The molecule has 1 aromatic carbocycles. The monoisotopic (exact) mass is 420 g/mol. The van der Waals surface area contributed by atoms with Gasteiger partial charge in [-0.15, -0.1) is 11.3 Å². The van der Waals surface area contributed by atoms with Crippen LogP contribution < -0.4 is 11.1 Å². The molecule has 4 aromatic rings. The van der Waals surface area contributed by atoms with Gasteiger partial charge in [0.1, 0.15) is 10.7 Å². The maximum atomic E-state index is 13.0. The summed E-state index contributed by atoms with van der Waals surface area (Å²) in [5.74, 6) is -0.310. The van der Waals surface area contributed by atoms with Crippen LogP contribution in [0.15, 0.2) is 36.9 Å². The Bertz CT molecular complexity index is 1250. The Morgan fingerprint density at radius 1 is 1.30 bits per heavy atom. The smallest absolute Gasteiger partial charge is 0.268 e. The molecule has 3 heterocycles. The highest BCUT2D eigenvalue weighted by Gasteiger charge is 2.23. The summed E-state index contributed by atoms with van der Waals surface area (Å²) in [6.07, 6.45) is 7.68. The number of imidazole rings is 1. The van der Waals surface area contributed by atoms with Crippen molar-refractivity contribution in [3.63, 3.8) is 0 Å². The van der Waals surface area contributed by atoms with Crippen LogP contribution in [-0.4, -0.2) is 37.4 Å². The van der Waals surface area contributed by atoms with Gasteiger partial charge < -0.3 is 31.0 Å². The molecule has 0 aliphatic carbocycles. The van der Waals surface area contributed by atoms with Gasteiger partial charge in [0.05, 0.1) is 17.6 Å². The molecule has 0 aliphatic rings. The molecular weight excluding hydrogens is 400 g/mol. The van der Waals surface area contributed by atoms with Gasteiger partial charge in [-0.25, -0.2) is 9.97 Å². The molecule has 0 atom stereocenters. The second-order valence-corrected chi connectivity index (χ2v) is 7.79. The third kappa shape index (κ3) is 3.37. The fourth-order valence-electron chi connectivity index (χ4n) is 3.39. The van der Waals surface area contributed by atoms with Gasteiger partial charge in [-0.2, -0.15) is 0 Å². The van der Waals surface area contributed by atoms with E-state index in [1.807, 2.05) is 16.8 Å². The van der Waals surface area contributed by atoms with E-state index in [0.717, 1.165) is 15.3 Å². The van der Waals surface area contributed by atoms with Gasteiger partial charge in [-0.1, -0.05) is 12.1 Å². The number of carbonyl (C=O) groups excluding carboxylic acids is 1. The van der Waals surface area contributed by atoms with Crippen LogP contribution in [0.4, 0.5) is 5.69 Å². The first-order valence-electron chi connectivity index (χ1n) is 9.13. The van der Waals surface area contributed by atoms with Gasteiger partial charge in [0.25, 0.3) is 5.91 Å². The number of benzene rings is 1. The number of carbonyl (C=O) groups is 1. The van der Waals surface area contributed by atoms with Crippen molar-refractivity contribution < 1.29 is 4.79 Å². The number of hydrogen-bond donors (Lipinski definition) is 4. The minimum absolute atomic E-state index is 0.226. The second kappa shape index (κ2) is 7.91. The van der Waals surface area contributed by atoms with Gasteiger partial charge in [-0.05, 0) is 11.6 Å². The molecule has 3 aromatic heterocycles. The molecule has 152 valence electrons. The lowest BCUT2D eigenvalue weighted by atomic mass is 10.1. The van der Waals surface area contributed by atoms with Crippen LogP contribution >= 0.6 is 11.3 Å². The van der Waals surface area contributed by atoms with Crippen molar-refractivity contribution in [2.45, 2.75) is 13.1 Å². The van der Waals surface area contributed by atoms with E-state index in [1.54, 1.807) is 36.3 Å². The number of nitrogens with one attached hydrogen (secondary N) is 3. The molecule has 0 aliphatic heterocycles. The van der Waals surface area contributed by atoms with E-state index in [4.69, 9.17) is 16.6 Å². The minimum atomic E-state index is -0.310. The zero-order valence-electron chi connectivity index (χ0n) is 16.2. The number of amides is 1. The van der Waals surface area contributed by atoms with Crippen molar-refractivity contribution in [2.75, 3.05) is 5.73 Å². The Morgan fingerprint density at radius 3 is 2.80 bits per heavy atom. The molecule has 0 unspecified atom stereocenters. The average molecular weight is 421 g/mol. The molecule has 5 N–H and O–H groups in total. The maximum absolute atomic E-state index is 13.0. The molecule has 0 spiro atoms. The van der Waals surface area contributed by atoms with Crippen molar-refractivity contribution in [1.82, 2.24) is 24.4 Å². The second-order valence-electron chi connectivity index (χ2n) is 6.71. The summed E-state index contributed by atoms with van der Waals surface area (Å²) in [5, 5.41) is 19.2.